The normalized spacial score (nSPS) is 10.3. The fourth-order valence-electron chi connectivity index (χ4n) is 1.79. The summed E-state index contributed by atoms with van der Waals surface area (Å²) in [5.74, 6) is -2.55. The van der Waals surface area contributed by atoms with Crippen molar-refractivity contribution in [2.24, 2.45) is 0 Å². The highest BCUT2D eigenvalue weighted by Crippen LogP contribution is 2.34. The zero-order valence-electron chi connectivity index (χ0n) is 9.51. The molecule has 0 fully saturated rings. The maximum Gasteiger partial charge on any atom is 0.377 e. The van der Waals surface area contributed by atoms with Crippen molar-refractivity contribution < 1.29 is 24.5 Å². The number of benzene rings is 2. The van der Waals surface area contributed by atoms with Crippen LogP contribution in [0, 0.1) is 0 Å². The zero-order chi connectivity index (χ0) is 13.3. The Hall–Kier alpha value is -2.56. The Kier molecular flexibility index (Phi) is 2.89. The first-order chi connectivity index (χ1) is 8.56. The van der Waals surface area contributed by atoms with Crippen LogP contribution in [0.1, 0.15) is 10.4 Å². The summed E-state index contributed by atoms with van der Waals surface area (Å²) >= 11 is 0. The van der Waals surface area contributed by atoms with Gasteiger partial charge >= 0.3 is 5.97 Å². The van der Waals surface area contributed by atoms with Gasteiger partial charge in [-0.2, -0.15) is 0 Å². The van der Waals surface area contributed by atoms with Gasteiger partial charge < -0.3 is 14.9 Å². The van der Waals surface area contributed by atoms with Gasteiger partial charge in [0, 0.05) is 10.8 Å². The molecule has 0 aliphatic rings. The molecule has 5 heteroatoms. The van der Waals surface area contributed by atoms with E-state index in [1.165, 1.54) is 13.2 Å². The van der Waals surface area contributed by atoms with E-state index >= 15 is 0 Å². The van der Waals surface area contributed by atoms with Gasteiger partial charge in [-0.25, -0.2) is 4.79 Å². The average molecular weight is 246 g/mol. The van der Waals surface area contributed by atoms with Crippen molar-refractivity contribution in [1.82, 2.24) is 0 Å². The van der Waals surface area contributed by atoms with Gasteiger partial charge in [-0.15, -0.1) is 0 Å². The van der Waals surface area contributed by atoms with Crippen LogP contribution in [0.3, 0.4) is 0 Å². The van der Waals surface area contributed by atoms with E-state index in [9.17, 15) is 14.7 Å². The summed E-state index contributed by atoms with van der Waals surface area (Å²) < 4.78 is 5.12. The van der Waals surface area contributed by atoms with Crippen LogP contribution >= 0.6 is 0 Å². The molecule has 0 spiro atoms. The van der Waals surface area contributed by atoms with E-state index in [1.807, 2.05) is 0 Å². The maximum absolute atomic E-state index is 11.4. The van der Waals surface area contributed by atoms with Gasteiger partial charge in [-0.05, 0) is 18.2 Å². The van der Waals surface area contributed by atoms with E-state index in [0.717, 1.165) is 0 Å². The summed E-state index contributed by atoms with van der Waals surface area (Å²) in [5, 5.41) is 19.6. The summed E-state index contributed by atoms with van der Waals surface area (Å²) in [6.07, 6.45) is 0. The second-order valence-electron chi connectivity index (χ2n) is 3.65. The second-order valence-corrected chi connectivity index (χ2v) is 3.65. The predicted molar refractivity (Wildman–Crippen MR) is 64.1 cm³/mol. The third-order valence-electron chi connectivity index (χ3n) is 2.65. The number of ketones is 1. The van der Waals surface area contributed by atoms with Gasteiger partial charge in [0.2, 0.25) is 0 Å². The molecule has 18 heavy (non-hydrogen) atoms. The number of phenolic OH excluding ortho intramolecular Hbond substituents is 1. The molecule has 0 aliphatic carbocycles. The highest BCUT2D eigenvalue weighted by molar-refractivity contribution is 6.41. The molecule has 0 atom stereocenters. The fraction of sp³-hybridized carbons (Fsp3) is 0.0769. The molecule has 0 radical (unpaired) electrons. The van der Waals surface area contributed by atoms with Gasteiger partial charge in [-0.3, -0.25) is 4.79 Å². The van der Waals surface area contributed by atoms with Gasteiger partial charge in [0.15, 0.2) is 0 Å². The highest BCUT2D eigenvalue weighted by Gasteiger charge is 2.20. The topological polar surface area (TPSA) is 83.8 Å². The first kappa shape index (κ1) is 11.9. The number of aliphatic carboxylic acids is 1. The first-order valence-corrected chi connectivity index (χ1v) is 5.12. The zero-order valence-corrected chi connectivity index (χ0v) is 9.51. The van der Waals surface area contributed by atoms with Crippen LogP contribution in [0.25, 0.3) is 10.8 Å². The number of ether oxygens (including phenoxy) is 1. The Morgan fingerprint density at radius 1 is 1.11 bits per heavy atom. The van der Waals surface area contributed by atoms with Crippen molar-refractivity contribution in [3.05, 3.63) is 35.9 Å². The molecule has 0 aliphatic heterocycles. The van der Waals surface area contributed by atoms with E-state index < -0.39 is 11.8 Å². The molecule has 0 saturated heterocycles. The monoisotopic (exact) mass is 246 g/mol. The maximum atomic E-state index is 11.4. The standard InChI is InChI=1S/C13H10O5/c1-18-10-4-2-3-8-7(10)5-6-9(11(8)14)12(15)13(16)17/h2-6,14H,1H3,(H,16,17). The molecule has 92 valence electrons. The minimum atomic E-state index is -1.60. The largest absolute Gasteiger partial charge is 0.507 e. The third kappa shape index (κ3) is 1.75. The van der Waals surface area contributed by atoms with Crippen molar-refractivity contribution >= 4 is 22.5 Å². The molecule has 0 saturated carbocycles. The summed E-state index contributed by atoms with van der Waals surface area (Å²) in [6.45, 7) is 0. The number of rotatable bonds is 3. The lowest BCUT2D eigenvalue weighted by Crippen LogP contribution is -2.12. The average Bonchev–Trinajstić information content (AvgIpc) is 2.38. The van der Waals surface area contributed by atoms with Crippen LogP contribution in [0.15, 0.2) is 30.3 Å². The Morgan fingerprint density at radius 2 is 1.83 bits per heavy atom. The van der Waals surface area contributed by atoms with Crippen LogP contribution in [-0.4, -0.2) is 29.1 Å². The number of fused-ring (bicyclic) bond motifs is 1. The molecular weight excluding hydrogens is 236 g/mol. The van der Waals surface area contributed by atoms with E-state index in [4.69, 9.17) is 9.84 Å². The van der Waals surface area contributed by atoms with Crippen LogP contribution in [0.2, 0.25) is 0 Å². The van der Waals surface area contributed by atoms with Crippen molar-refractivity contribution in [3.63, 3.8) is 0 Å². The molecule has 2 rings (SSSR count). The van der Waals surface area contributed by atoms with Crippen molar-refractivity contribution in [2.45, 2.75) is 0 Å². The van der Waals surface area contributed by atoms with Crippen molar-refractivity contribution in [3.8, 4) is 11.5 Å². The Bertz CT molecular complexity index is 645. The van der Waals surface area contributed by atoms with Crippen LogP contribution in [0.5, 0.6) is 11.5 Å². The lowest BCUT2D eigenvalue weighted by molar-refractivity contribution is -0.131. The molecular formula is C13H10O5. The number of hydrogen-bond acceptors (Lipinski definition) is 4. The fourth-order valence-corrected chi connectivity index (χ4v) is 1.79. The first-order valence-electron chi connectivity index (χ1n) is 5.12. The van der Waals surface area contributed by atoms with Gasteiger partial charge in [0.05, 0.1) is 12.7 Å². The number of carboxylic acids is 1. The molecule has 0 aromatic heterocycles. The number of hydrogen-bond donors (Lipinski definition) is 2. The minimum Gasteiger partial charge on any atom is -0.507 e. The van der Waals surface area contributed by atoms with E-state index in [0.29, 0.717) is 16.5 Å². The second kappa shape index (κ2) is 4.37. The number of Topliss-reactive ketones (excluding diaryl/α,β-unsaturated/α-hetero) is 1. The predicted octanol–water partition coefficient (Wildman–Crippen LogP) is 1.82. The van der Waals surface area contributed by atoms with Crippen LogP contribution in [0.4, 0.5) is 0 Å². The van der Waals surface area contributed by atoms with Crippen molar-refractivity contribution in [1.29, 1.82) is 0 Å². The van der Waals surface area contributed by atoms with E-state index in [2.05, 4.69) is 0 Å². The molecule has 0 amide bonds. The number of phenols is 1. The third-order valence-corrected chi connectivity index (χ3v) is 2.65. The molecule has 2 aromatic carbocycles. The van der Waals surface area contributed by atoms with Gasteiger partial charge in [0.25, 0.3) is 5.78 Å². The van der Waals surface area contributed by atoms with Crippen LogP contribution < -0.4 is 4.74 Å². The molecule has 5 nitrogen and oxygen atoms in total. The SMILES string of the molecule is COc1cccc2c(O)c(C(=O)C(=O)O)ccc12. The van der Waals surface area contributed by atoms with E-state index in [1.54, 1.807) is 24.3 Å². The summed E-state index contributed by atoms with van der Waals surface area (Å²) in [4.78, 5) is 22.0. The Balaban J connectivity index is 2.73. The van der Waals surface area contributed by atoms with E-state index in [-0.39, 0.29) is 11.3 Å². The number of carbonyl (C=O) groups excluding carboxylic acids is 1. The molecule has 0 bridgehead atoms. The Labute approximate surface area is 102 Å². The number of methoxy groups -OCH3 is 1. The molecule has 0 unspecified atom stereocenters. The smallest absolute Gasteiger partial charge is 0.377 e. The lowest BCUT2D eigenvalue weighted by Gasteiger charge is -2.08. The number of carboxylic acid groups (broad SMARTS) is 1. The number of carbonyl (C=O) groups is 2. The number of aromatic hydroxyl groups is 1. The molecule has 0 heterocycles. The quantitative estimate of drug-likeness (QED) is 0.637. The summed E-state index contributed by atoms with van der Waals surface area (Å²) in [7, 11) is 1.49. The summed E-state index contributed by atoms with van der Waals surface area (Å²) in [5.41, 5.74) is -0.233. The van der Waals surface area contributed by atoms with Crippen LogP contribution in [-0.2, 0) is 4.79 Å². The summed E-state index contributed by atoms with van der Waals surface area (Å²) in [6, 6.07) is 7.77. The highest BCUT2D eigenvalue weighted by atomic mass is 16.5. The molecule has 2 N–H and O–H groups in total. The van der Waals surface area contributed by atoms with Gasteiger partial charge in [-0.1, -0.05) is 12.1 Å². The Morgan fingerprint density at radius 3 is 2.44 bits per heavy atom. The molecule has 2 aromatic rings. The lowest BCUT2D eigenvalue weighted by atomic mass is 10.0. The minimum absolute atomic E-state index is 0.233. The van der Waals surface area contributed by atoms with Crippen molar-refractivity contribution in [2.75, 3.05) is 7.11 Å². The van der Waals surface area contributed by atoms with Gasteiger partial charge in [0.1, 0.15) is 11.5 Å².